The maximum absolute atomic E-state index is 9.17. The summed E-state index contributed by atoms with van der Waals surface area (Å²) in [5, 5.41) is 30.4. The molecule has 0 bridgehead atoms. The fourth-order valence-electron chi connectivity index (χ4n) is 1.79. The van der Waals surface area contributed by atoms with Gasteiger partial charge in [-0.05, 0) is 20.6 Å². The van der Waals surface area contributed by atoms with Crippen molar-refractivity contribution in [1.29, 1.82) is 15.8 Å². The van der Waals surface area contributed by atoms with Crippen molar-refractivity contribution < 1.29 is 0 Å². The molecule has 18 heavy (non-hydrogen) atoms. The van der Waals surface area contributed by atoms with E-state index < -0.39 is 0 Å². The molecule has 88 valence electrons. The molecule has 0 aliphatic carbocycles. The molecule has 1 aromatic rings. The fraction of sp³-hybridized carbons (Fsp3) is 0.231. The van der Waals surface area contributed by atoms with Crippen LogP contribution in [0.15, 0.2) is 4.99 Å². The van der Waals surface area contributed by atoms with E-state index in [2.05, 4.69) is 17.0 Å². The third-order valence-corrected chi connectivity index (χ3v) is 2.56. The van der Waals surface area contributed by atoms with Gasteiger partial charge in [-0.25, -0.2) is 0 Å². The first-order valence-corrected chi connectivity index (χ1v) is 5.27. The van der Waals surface area contributed by atoms with Crippen LogP contribution in [-0.2, 0) is 0 Å². The van der Waals surface area contributed by atoms with Gasteiger partial charge in [-0.1, -0.05) is 0 Å². The monoisotopic (exact) mass is 237 g/mol. The zero-order valence-electron chi connectivity index (χ0n) is 10.2. The Labute approximate surface area is 106 Å². The van der Waals surface area contributed by atoms with Crippen molar-refractivity contribution in [2.75, 3.05) is 11.9 Å². The number of hydrogen-bond donors (Lipinski definition) is 1. The van der Waals surface area contributed by atoms with E-state index in [4.69, 9.17) is 15.8 Å². The van der Waals surface area contributed by atoms with Crippen LogP contribution in [-0.4, -0.2) is 13.3 Å². The van der Waals surface area contributed by atoms with Gasteiger partial charge in [0.2, 0.25) is 0 Å². The summed E-state index contributed by atoms with van der Waals surface area (Å²) < 4.78 is 0. The normalized spacial score (nSPS) is 8.83. The fourth-order valence-corrected chi connectivity index (χ4v) is 1.79. The second-order valence-electron chi connectivity index (χ2n) is 3.50. The van der Waals surface area contributed by atoms with Crippen LogP contribution < -0.4 is 5.32 Å². The molecule has 0 spiro atoms. The van der Waals surface area contributed by atoms with Crippen LogP contribution in [0.3, 0.4) is 0 Å². The Morgan fingerprint density at radius 2 is 1.67 bits per heavy atom. The Bertz CT molecular complexity index is 623. The van der Waals surface area contributed by atoms with Gasteiger partial charge >= 0.3 is 0 Å². The molecule has 0 aliphatic rings. The van der Waals surface area contributed by atoms with Crippen molar-refractivity contribution in [1.82, 2.24) is 0 Å². The Morgan fingerprint density at radius 1 is 1.11 bits per heavy atom. The van der Waals surface area contributed by atoms with Crippen molar-refractivity contribution in [2.24, 2.45) is 4.99 Å². The Hall–Kier alpha value is -2.84. The van der Waals surface area contributed by atoms with E-state index in [1.54, 1.807) is 6.92 Å². The van der Waals surface area contributed by atoms with E-state index in [1.807, 2.05) is 25.1 Å². The molecule has 0 heterocycles. The highest BCUT2D eigenvalue weighted by atomic mass is 14.9. The molecule has 0 amide bonds. The molecular weight excluding hydrogens is 226 g/mol. The van der Waals surface area contributed by atoms with E-state index in [1.165, 1.54) is 0 Å². The second-order valence-corrected chi connectivity index (χ2v) is 3.50. The van der Waals surface area contributed by atoms with Crippen molar-refractivity contribution in [2.45, 2.75) is 13.8 Å². The summed E-state index contributed by atoms with van der Waals surface area (Å²) in [7, 11) is 0. The lowest BCUT2D eigenvalue weighted by Gasteiger charge is -2.14. The molecule has 0 aliphatic heterocycles. The molecule has 0 saturated heterocycles. The Kier molecular flexibility index (Phi) is 4.02. The molecule has 1 N–H and O–H groups in total. The first-order chi connectivity index (χ1) is 8.65. The van der Waals surface area contributed by atoms with Gasteiger partial charge in [0.05, 0.1) is 28.1 Å². The summed E-state index contributed by atoms with van der Waals surface area (Å²) in [6, 6.07) is 5.78. The number of nitrogens with one attached hydrogen (secondary N) is 1. The van der Waals surface area contributed by atoms with Gasteiger partial charge in [0.15, 0.2) is 0 Å². The summed E-state index contributed by atoms with van der Waals surface area (Å²) in [4.78, 5) is 3.79. The van der Waals surface area contributed by atoms with Gasteiger partial charge in [0.1, 0.15) is 18.2 Å². The SMILES string of the molecule is C=Nc1c(C)c(NCC)c(C#N)c(C#N)c1C#N. The summed E-state index contributed by atoms with van der Waals surface area (Å²) >= 11 is 0. The predicted octanol–water partition coefficient (Wildman–Crippen LogP) is 2.37. The van der Waals surface area contributed by atoms with Crippen LogP contribution in [0.1, 0.15) is 29.2 Å². The van der Waals surface area contributed by atoms with Crippen molar-refractivity contribution in [3.05, 3.63) is 22.3 Å². The summed E-state index contributed by atoms with van der Waals surface area (Å²) in [5.41, 5.74) is 1.87. The predicted molar refractivity (Wildman–Crippen MR) is 68.7 cm³/mol. The zero-order valence-corrected chi connectivity index (χ0v) is 10.2. The molecule has 1 rings (SSSR count). The van der Waals surface area contributed by atoms with Crippen molar-refractivity contribution >= 4 is 18.1 Å². The highest BCUT2D eigenvalue weighted by Gasteiger charge is 2.21. The minimum absolute atomic E-state index is 0.0453. The first-order valence-electron chi connectivity index (χ1n) is 5.27. The number of benzene rings is 1. The molecule has 0 aromatic heterocycles. The van der Waals surface area contributed by atoms with Crippen LogP contribution in [0, 0.1) is 40.9 Å². The van der Waals surface area contributed by atoms with Gasteiger partial charge in [-0.2, -0.15) is 15.8 Å². The van der Waals surface area contributed by atoms with Crippen LogP contribution in [0.25, 0.3) is 0 Å². The third-order valence-electron chi connectivity index (χ3n) is 2.56. The van der Waals surface area contributed by atoms with E-state index in [0.717, 1.165) is 0 Å². The van der Waals surface area contributed by atoms with E-state index >= 15 is 0 Å². The van der Waals surface area contributed by atoms with Crippen molar-refractivity contribution in [3.63, 3.8) is 0 Å². The van der Waals surface area contributed by atoms with E-state index in [9.17, 15) is 0 Å². The van der Waals surface area contributed by atoms with Crippen LogP contribution in [0.4, 0.5) is 11.4 Å². The van der Waals surface area contributed by atoms with Gasteiger partial charge in [-0.15, -0.1) is 0 Å². The topological polar surface area (TPSA) is 95.8 Å². The number of rotatable bonds is 3. The number of hydrogen-bond acceptors (Lipinski definition) is 5. The summed E-state index contributed by atoms with van der Waals surface area (Å²) in [6.45, 7) is 7.63. The maximum Gasteiger partial charge on any atom is 0.103 e. The lowest BCUT2D eigenvalue weighted by Crippen LogP contribution is -2.05. The summed E-state index contributed by atoms with van der Waals surface area (Å²) in [5.74, 6) is 0. The minimum Gasteiger partial charge on any atom is -0.384 e. The van der Waals surface area contributed by atoms with Crippen LogP contribution >= 0.6 is 0 Å². The molecule has 5 heteroatoms. The van der Waals surface area contributed by atoms with E-state index in [-0.39, 0.29) is 16.7 Å². The standard InChI is InChI=1S/C13H11N5/c1-4-18-13-8(2)12(17-3)10(6-15)9(5-14)11(13)7-16/h18H,3-4H2,1-2H3. The zero-order chi connectivity index (χ0) is 13.7. The number of anilines is 1. The van der Waals surface area contributed by atoms with Crippen LogP contribution in [0.5, 0.6) is 0 Å². The molecule has 0 fully saturated rings. The average molecular weight is 237 g/mol. The first kappa shape index (κ1) is 13.2. The Balaban J connectivity index is 3.89. The number of aliphatic imine (C=N–C) groups is 1. The molecule has 0 atom stereocenters. The van der Waals surface area contributed by atoms with Gasteiger partial charge in [0, 0.05) is 12.1 Å². The average Bonchev–Trinajstić information content (AvgIpc) is 2.39. The van der Waals surface area contributed by atoms with Gasteiger partial charge in [0.25, 0.3) is 0 Å². The molecular formula is C13H11N5. The van der Waals surface area contributed by atoms with Crippen molar-refractivity contribution in [3.8, 4) is 18.2 Å². The highest BCUT2D eigenvalue weighted by Crippen LogP contribution is 2.36. The van der Waals surface area contributed by atoms with Crippen LogP contribution in [0.2, 0.25) is 0 Å². The van der Waals surface area contributed by atoms with E-state index in [0.29, 0.717) is 23.5 Å². The number of nitriles is 3. The Morgan fingerprint density at radius 3 is 2.06 bits per heavy atom. The third kappa shape index (κ3) is 1.88. The lowest BCUT2D eigenvalue weighted by molar-refractivity contribution is 1.18. The summed E-state index contributed by atoms with van der Waals surface area (Å²) in [6.07, 6.45) is 0. The van der Waals surface area contributed by atoms with Gasteiger partial charge < -0.3 is 5.32 Å². The molecule has 5 nitrogen and oxygen atoms in total. The molecule has 0 saturated carbocycles. The second kappa shape index (κ2) is 5.48. The highest BCUT2D eigenvalue weighted by molar-refractivity contribution is 5.81. The van der Waals surface area contributed by atoms with Gasteiger partial charge in [-0.3, -0.25) is 4.99 Å². The minimum atomic E-state index is 0.0453. The smallest absolute Gasteiger partial charge is 0.103 e. The number of nitrogens with zero attached hydrogens (tertiary/aromatic N) is 4. The largest absolute Gasteiger partial charge is 0.384 e. The molecule has 1 aromatic carbocycles. The quantitative estimate of drug-likeness (QED) is 0.816. The molecule has 0 radical (unpaired) electrons. The molecule has 0 unspecified atom stereocenters. The maximum atomic E-state index is 9.17. The lowest BCUT2D eigenvalue weighted by atomic mass is 9.95.